The Labute approximate surface area is 171 Å². The first-order valence-electron chi connectivity index (χ1n) is 10.4. The third-order valence-electron chi connectivity index (χ3n) is 5.66. The number of aromatic nitrogens is 4. The van der Waals surface area contributed by atoms with E-state index >= 15 is 0 Å². The van der Waals surface area contributed by atoms with Crippen molar-refractivity contribution in [3.63, 3.8) is 0 Å². The van der Waals surface area contributed by atoms with E-state index < -0.39 is 0 Å². The monoisotopic (exact) mass is 394 g/mol. The minimum atomic E-state index is 0.0131. The molecule has 1 aromatic carbocycles. The number of carbonyl (C=O) groups is 1. The summed E-state index contributed by atoms with van der Waals surface area (Å²) in [6.07, 6.45) is 4.03. The Kier molecular flexibility index (Phi) is 5.41. The first-order chi connectivity index (χ1) is 13.9. The normalized spacial score (nSPS) is 17.9. The number of rotatable bonds is 5. The number of fused-ring (bicyclic) bond motifs is 1. The molecule has 1 fully saturated rings. The van der Waals surface area contributed by atoms with Gasteiger partial charge in [-0.05, 0) is 52.3 Å². The number of benzene rings is 1. The molecule has 29 heavy (non-hydrogen) atoms. The van der Waals surface area contributed by atoms with Crippen LogP contribution in [0, 0.1) is 6.92 Å². The van der Waals surface area contributed by atoms with Crippen molar-refractivity contribution >= 4 is 22.6 Å². The quantitative estimate of drug-likeness (QED) is 0.719. The Morgan fingerprint density at radius 3 is 2.83 bits per heavy atom. The topological polar surface area (TPSA) is 68.0 Å². The summed E-state index contributed by atoms with van der Waals surface area (Å²) in [7, 11) is 1.86. The van der Waals surface area contributed by atoms with Gasteiger partial charge in [0.25, 0.3) is 0 Å². The number of para-hydroxylation sites is 2. The molecule has 1 aliphatic rings. The van der Waals surface area contributed by atoms with E-state index in [1.807, 2.05) is 26.2 Å². The van der Waals surface area contributed by atoms with Crippen LogP contribution in [-0.2, 0) is 11.8 Å². The van der Waals surface area contributed by atoms with Crippen LogP contribution in [0.5, 0.6) is 0 Å². The highest BCUT2D eigenvalue weighted by Gasteiger charge is 2.28. The lowest BCUT2D eigenvalue weighted by atomic mass is 9.97. The third-order valence-corrected chi connectivity index (χ3v) is 5.66. The van der Waals surface area contributed by atoms with E-state index in [1.54, 1.807) is 4.68 Å². The van der Waals surface area contributed by atoms with Gasteiger partial charge in [-0.1, -0.05) is 12.1 Å². The Bertz CT molecular complexity index is 1020. The lowest BCUT2D eigenvalue weighted by molar-refractivity contribution is -0.117. The maximum atomic E-state index is 12.6. The fourth-order valence-corrected chi connectivity index (χ4v) is 4.42. The first kappa shape index (κ1) is 19.6. The average Bonchev–Trinajstić information content (AvgIpc) is 3.21. The highest BCUT2D eigenvalue weighted by molar-refractivity contribution is 5.92. The van der Waals surface area contributed by atoms with Crippen molar-refractivity contribution in [2.24, 2.45) is 7.05 Å². The summed E-state index contributed by atoms with van der Waals surface area (Å²) in [6.45, 7) is 8.52. The fourth-order valence-electron chi connectivity index (χ4n) is 4.42. The highest BCUT2D eigenvalue weighted by Crippen LogP contribution is 2.31. The summed E-state index contributed by atoms with van der Waals surface area (Å²) in [6, 6.07) is 8.70. The number of hydrogen-bond donors (Lipinski definition) is 1. The van der Waals surface area contributed by atoms with Crippen LogP contribution in [0.2, 0.25) is 0 Å². The van der Waals surface area contributed by atoms with E-state index in [4.69, 9.17) is 4.98 Å². The molecule has 1 amide bonds. The van der Waals surface area contributed by atoms with Crippen LogP contribution in [0.3, 0.4) is 0 Å². The van der Waals surface area contributed by atoms with Crippen molar-refractivity contribution in [3.05, 3.63) is 42.0 Å². The molecule has 1 saturated heterocycles. The maximum Gasteiger partial charge on any atom is 0.238 e. The predicted octanol–water partition coefficient (Wildman–Crippen LogP) is 3.48. The van der Waals surface area contributed by atoms with Crippen molar-refractivity contribution in [2.75, 3.05) is 25.0 Å². The van der Waals surface area contributed by atoms with Crippen molar-refractivity contribution in [2.45, 2.75) is 45.6 Å². The molecule has 0 saturated carbocycles. The molecule has 0 bridgehead atoms. The average molecular weight is 395 g/mol. The van der Waals surface area contributed by atoms with E-state index in [0.29, 0.717) is 18.5 Å². The lowest BCUT2D eigenvalue weighted by Gasteiger charge is -2.32. The maximum absolute atomic E-state index is 12.6. The summed E-state index contributed by atoms with van der Waals surface area (Å²) in [5.74, 6) is 1.50. The molecule has 0 spiro atoms. The smallest absolute Gasteiger partial charge is 0.238 e. The standard InChI is InChI=1S/C22H30N6O/c1-15(2)28-20-10-6-5-9-18(20)24-22(28)17-8-7-11-27(12-17)14-21(29)23-19-13-26(4)25-16(19)3/h5-6,9-10,13,15,17H,7-8,11-12,14H2,1-4H3,(H,23,29)/t17-/m0/s1. The van der Waals surface area contributed by atoms with E-state index in [-0.39, 0.29) is 5.91 Å². The zero-order valence-corrected chi connectivity index (χ0v) is 17.7. The third kappa shape index (κ3) is 4.05. The summed E-state index contributed by atoms with van der Waals surface area (Å²) in [5.41, 5.74) is 3.87. The molecule has 1 atom stereocenters. The van der Waals surface area contributed by atoms with Crippen LogP contribution in [0.25, 0.3) is 11.0 Å². The summed E-state index contributed by atoms with van der Waals surface area (Å²) in [4.78, 5) is 19.8. The molecule has 154 valence electrons. The number of nitrogens with zero attached hydrogens (tertiary/aromatic N) is 5. The second kappa shape index (κ2) is 7.99. The van der Waals surface area contributed by atoms with Crippen LogP contribution in [0.4, 0.5) is 5.69 Å². The summed E-state index contributed by atoms with van der Waals surface area (Å²) < 4.78 is 4.08. The molecule has 7 nitrogen and oxygen atoms in total. The Hall–Kier alpha value is -2.67. The number of likely N-dealkylation sites (tertiary alicyclic amines) is 1. The number of nitrogens with one attached hydrogen (secondary N) is 1. The van der Waals surface area contributed by atoms with Crippen LogP contribution in [0.15, 0.2) is 30.5 Å². The zero-order chi connectivity index (χ0) is 20.5. The van der Waals surface area contributed by atoms with Gasteiger partial charge < -0.3 is 9.88 Å². The van der Waals surface area contributed by atoms with Crippen LogP contribution >= 0.6 is 0 Å². The van der Waals surface area contributed by atoms with E-state index in [1.165, 1.54) is 5.52 Å². The molecule has 3 heterocycles. The minimum absolute atomic E-state index is 0.0131. The lowest BCUT2D eigenvalue weighted by Crippen LogP contribution is -2.40. The molecule has 1 N–H and O–H groups in total. The van der Waals surface area contributed by atoms with E-state index in [0.717, 1.165) is 48.7 Å². The summed E-state index contributed by atoms with van der Waals surface area (Å²) >= 11 is 0. The van der Waals surface area contributed by atoms with Gasteiger partial charge >= 0.3 is 0 Å². The van der Waals surface area contributed by atoms with Gasteiger partial charge in [-0.15, -0.1) is 0 Å². The molecular formula is C22H30N6O. The molecule has 3 aromatic rings. The van der Waals surface area contributed by atoms with E-state index in [9.17, 15) is 4.79 Å². The van der Waals surface area contributed by atoms with Gasteiger partial charge in [0.1, 0.15) is 5.82 Å². The Morgan fingerprint density at radius 2 is 2.10 bits per heavy atom. The Balaban J connectivity index is 1.49. The molecule has 1 aliphatic heterocycles. The molecule has 7 heteroatoms. The first-order valence-corrected chi connectivity index (χ1v) is 10.4. The van der Waals surface area contributed by atoms with Gasteiger partial charge in [-0.2, -0.15) is 5.10 Å². The van der Waals surface area contributed by atoms with Crippen molar-refractivity contribution in [3.8, 4) is 0 Å². The number of hydrogen-bond acceptors (Lipinski definition) is 4. The molecule has 0 radical (unpaired) electrons. The van der Waals surface area contributed by atoms with Crippen molar-refractivity contribution in [1.82, 2.24) is 24.2 Å². The molecule has 0 aliphatic carbocycles. The second-order valence-corrected chi connectivity index (χ2v) is 8.35. The van der Waals surface area contributed by atoms with Crippen LogP contribution < -0.4 is 5.32 Å². The van der Waals surface area contributed by atoms with E-state index in [2.05, 4.69) is 51.9 Å². The van der Waals surface area contributed by atoms with Crippen molar-refractivity contribution < 1.29 is 4.79 Å². The number of imidazole rings is 1. The number of amides is 1. The molecule has 4 rings (SSSR count). The molecule has 0 unspecified atom stereocenters. The SMILES string of the molecule is Cc1nn(C)cc1NC(=O)CN1CCC[C@H](c2nc3ccccc3n2C(C)C)C1. The number of carbonyl (C=O) groups excluding carboxylic acids is 1. The van der Waals surface area contributed by atoms with Crippen LogP contribution in [0.1, 0.15) is 50.2 Å². The minimum Gasteiger partial charge on any atom is -0.325 e. The van der Waals surface area contributed by atoms with Gasteiger partial charge in [-0.3, -0.25) is 14.4 Å². The zero-order valence-electron chi connectivity index (χ0n) is 17.7. The molecular weight excluding hydrogens is 364 g/mol. The van der Waals surface area contributed by atoms with Crippen molar-refractivity contribution in [1.29, 1.82) is 0 Å². The second-order valence-electron chi connectivity index (χ2n) is 8.35. The van der Waals surface area contributed by atoms with Gasteiger partial charge in [0.15, 0.2) is 0 Å². The fraction of sp³-hybridized carbons (Fsp3) is 0.500. The number of piperidine rings is 1. The predicted molar refractivity (Wildman–Crippen MR) is 115 cm³/mol. The number of anilines is 1. The Morgan fingerprint density at radius 1 is 1.31 bits per heavy atom. The largest absolute Gasteiger partial charge is 0.325 e. The van der Waals surface area contributed by atoms with Crippen LogP contribution in [-0.4, -0.2) is 49.8 Å². The number of aryl methyl sites for hydroxylation is 2. The summed E-state index contributed by atoms with van der Waals surface area (Å²) in [5, 5.41) is 7.29. The van der Waals surface area contributed by atoms with Gasteiger partial charge in [0, 0.05) is 31.7 Å². The van der Waals surface area contributed by atoms with Gasteiger partial charge in [0.2, 0.25) is 5.91 Å². The molecule has 2 aromatic heterocycles. The van der Waals surface area contributed by atoms with Gasteiger partial charge in [0.05, 0.1) is 29.0 Å². The van der Waals surface area contributed by atoms with Gasteiger partial charge in [-0.25, -0.2) is 4.98 Å². The highest BCUT2D eigenvalue weighted by atomic mass is 16.2.